The fourth-order valence-corrected chi connectivity index (χ4v) is 1.51. The second-order valence-corrected chi connectivity index (χ2v) is 3.50. The van der Waals surface area contributed by atoms with Crippen LogP contribution in [0.2, 0.25) is 0 Å². The zero-order valence-electron chi connectivity index (χ0n) is 9.21. The van der Waals surface area contributed by atoms with E-state index in [0.29, 0.717) is 16.4 Å². The number of hydrogen-bond donors (Lipinski definition) is 2. The Hall–Kier alpha value is -1.79. The monoisotopic (exact) mass is 234 g/mol. The molecule has 0 amide bonds. The number of ether oxygens (including phenoxy) is 1. The van der Waals surface area contributed by atoms with Gasteiger partial charge < -0.3 is 19.2 Å². The normalized spacial score (nSPS) is 10.5. The van der Waals surface area contributed by atoms with E-state index >= 15 is 0 Å². The van der Waals surface area contributed by atoms with E-state index in [2.05, 4.69) is 0 Å². The number of fused-ring (bicyclic) bond motifs is 1. The number of hydrogen-bond acceptors (Lipinski definition) is 5. The molecule has 6 heteroatoms. The van der Waals surface area contributed by atoms with Crippen molar-refractivity contribution in [3.05, 3.63) is 30.0 Å². The topological polar surface area (TPSA) is 79.9 Å². The van der Waals surface area contributed by atoms with Gasteiger partial charge in [-0.3, -0.25) is 0 Å². The van der Waals surface area contributed by atoms with Crippen molar-refractivity contribution in [2.45, 2.75) is 6.92 Å². The summed E-state index contributed by atoms with van der Waals surface area (Å²) in [5, 5.41) is 18.7. The SMILES string of the molecule is CCOC(=O)c1cc2ccc(B(O)O)cc2o1. The molecule has 2 N–H and O–H groups in total. The summed E-state index contributed by atoms with van der Waals surface area (Å²) in [5.74, 6) is -0.429. The third kappa shape index (κ3) is 2.32. The summed E-state index contributed by atoms with van der Waals surface area (Å²) in [7, 11) is -1.56. The molecule has 0 atom stereocenters. The largest absolute Gasteiger partial charge is 0.488 e. The molecular formula is C11H11BO5. The summed E-state index contributed by atoms with van der Waals surface area (Å²) >= 11 is 0. The minimum atomic E-state index is -1.56. The molecule has 17 heavy (non-hydrogen) atoms. The molecule has 0 bridgehead atoms. The molecule has 0 unspecified atom stereocenters. The fraction of sp³-hybridized carbons (Fsp3) is 0.182. The van der Waals surface area contributed by atoms with Crippen molar-refractivity contribution >= 4 is 29.5 Å². The number of carbonyl (C=O) groups is 1. The highest BCUT2D eigenvalue weighted by Crippen LogP contribution is 2.18. The van der Waals surface area contributed by atoms with Crippen LogP contribution in [-0.2, 0) is 4.74 Å². The molecule has 0 radical (unpaired) electrons. The van der Waals surface area contributed by atoms with Gasteiger partial charge in [0.15, 0.2) is 0 Å². The van der Waals surface area contributed by atoms with Crippen LogP contribution in [0.15, 0.2) is 28.7 Å². The molecule has 88 valence electrons. The maximum Gasteiger partial charge on any atom is 0.488 e. The summed E-state index contributed by atoms with van der Waals surface area (Å²) in [6.45, 7) is 1.98. The van der Waals surface area contributed by atoms with Crippen LogP contribution >= 0.6 is 0 Å². The van der Waals surface area contributed by atoms with Crippen molar-refractivity contribution in [3.63, 3.8) is 0 Å². The van der Waals surface area contributed by atoms with Crippen molar-refractivity contribution in [1.82, 2.24) is 0 Å². The Morgan fingerprint density at radius 3 is 2.82 bits per heavy atom. The highest BCUT2D eigenvalue weighted by molar-refractivity contribution is 6.58. The molecule has 5 nitrogen and oxygen atoms in total. The summed E-state index contributed by atoms with van der Waals surface area (Å²) in [6, 6.07) is 6.23. The summed E-state index contributed by atoms with van der Waals surface area (Å²) < 4.78 is 10.1. The van der Waals surface area contributed by atoms with Gasteiger partial charge in [-0.1, -0.05) is 12.1 Å². The van der Waals surface area contributed by atoms with E-state index in [-0.39, 0.29) is 12.4 Å². The van der Waals surface area contributed by atoms with Gasteiger partial charge in [-0.15, -0.1) is 0 Å². The Kier molecular flexibility index (Phi) is 3.17. The van der Waals surface area contributed by atoms with Gasteiger partial charge in [-0.25, -0.2) is 4.79 Å². The number of esters is 1. The minimum Gasteiger partial charge on any atom is -0.460 e. The van der Waals surface area contributed by atoms with Crippen LogP contribution in [0, 0.1) is 0 Å². The molecule has 1 heterocycles. The van der Waals surface area contributed by atoms with Gasteiger partial charge in [0.1, 0.15) is 5.58 Å². The molecule has 1 aromatic heterocycles. The number of rotatable bonds is 3. The van der Waals surface area contributed by atoms with Crippen LogP contribution in [-0.4, -0.2) is 29.7 Å². The Bertz CT molecular complexity index is 546. The average molecular weight is 234 g/mol. The van der Waals surface area contributed by atoms with Crippen LogP contribution in [0.5, 0.6) is 0 Å². The highest BCUT2D eigenvalue weighted by atomic mass is 16.5. The highest BCUT2D eigenvalue weighted by Gasteiger charge is 2.16. The molecule has 0 fully saturated rings. The molecule has 1 aromatic carbocycles. The predicted molar refractivity (Wildman–Crippen MR) is 62.0 cm³/mol. The van der Waals surface area contributed by atoms with Crippen LogP contribution in [0.4, 0.5) is 0 Å². The lowest BCUT2D eigenvalue weighted by molar-refractivity contribution is 0.0492. The van der Waals surface area contributed by atoms with E-state index in [0.717, 1.165) is 0 Å². The first-order chi connectivity index (χ1) is 8.11. The number of benzene rings is 1. The van der Waals surface area contributed by atoms with Crippen molar-refractivity contribution in [2.75, 3.05) is 6.61 Å². The Morgan fingerprint density at radius 1 is 1.41 bits per heavy atom. The van der Waals surface area contributed by atoms with Crippen molar-refractivity contribution in [1.29, 1.82) is 0 Å². The molecule has 0 aliphatic heterocycles. The summed E-state index contributed by atoms with van der Waals surface area (Å²) in [4.78, 5) is 11.4. The maximum absolute atomic E-state index is 11.4. The van der Waals surface area contributed by atoms with Gasteiger partial charge in [0.05, 0.1) is 6.61 Å². The molecule has 0 spiro atoms. The van der Waals surface area contributed by atoms with E-state index in [1.54, 1.807) is 25.1 Å². The zero-order valence-corrected chi connectivity index (χ0v) is 9.21. The van der Waals surface area contributed by atoms with Gasteiger partial charge in [-0.2, -0.15) is 0 Å². The van der Waals surface area contributed by atoms with E-state index in [9.17, 15) is 4.79 Å². The molecule has 2 rings (SSSR count). The first kappa shape index (κ1) is 11.7. The molecular weight excluding hydrogens is 223 g/mol. The lowest BCUT2D eigenvalue weighted by Gasteiger charge is -1.97. The second kappa shape index (κ2) is 4.61. The smallest absolute Gasteiger partial charge is 0.460 e. The van der Waals surface area contributed by atoms with Gasteiger partial charge in [0, 0.05) is 5.39 Å². The standard InChI is InChI=1S/C11H11BO5/c1-2-16-11(13)10-5-7-3-4-8(12(14)15)6-9(7)17-10/h3-6,14-15H,2H2,1H3. The van der Waals surface area contributed by atoms with E-state index in [1.165, 1.54) is 6.07 Å². The van der Waals surface area contributed by atoms with Gasteiger partial charge in [0.25, 0.3) is 0 Å². The van der Waals surface area contributed by atoms with Crippen molar-refractivity contribution < 1.29 is 24.0 Å². The van der Waals surface area contributed by atoms with Crippen LogP contribution in [0.3, 0.4) is 0 Å². The lowest BCUT2D eigenvalue weighted by atomic mass is 9.80. The van der Waals surface area contributed by atoms with E-state index in [1.807, 2.05) is 0 Å². The Balaban J connectivity index is 2.40. The lowest BCUT2D eigenvalue weighted by Crippen LogP contribution is -2.29. The Morgan fingerprint density at radius 2 is 2.18 bits per heavy atom. The first-order valence-corrected chi connectivity index (χ1v) is 5.18. The van der Waals surface area contributed by atoms with Crippen LogP contribution < -0.4 is 5.46 Å². The predicted octanol–water partition coefficient (Wildman–Crippen LogP) is 0.289. The Labute approximate surface area is 97.8 Å². The van der Waals surface area contributed by atoms with E-state index in [4.69, 9.17) is 19.2 Å². The second-order valence-electron chi connectivity index (χ2n) is 3.50. The van der Waals surface area contributed by atoms with Crippen molar-refractivity contribution in [2.24, 2.45) is 0 Å². The summed E-state index contributed by atoms with van der Waals surface area (Å²) in [6.07, 6.45) is 0. The molecule has 2 aromatic rings. The van der Waals surface area contributed by atoms with Crippen LogP contribution in [0.1, 0.15) is 17.5 Å². The quantitative estimate of drug-likeness (QED) is 0.589. The average Bonchev–Trinajstić information content (AvgIpc) is 2.71. The summed E-state index contributed by atoms with van der Waals surface area (Å²) in [5.41, 5.74) is 0.723. The minimum absolute atomic E-state index is 0.103. The molecule has 0 aliphatic rings. The number of carbonyl (C=O) groups excluding carboxylic acids is 1. The fourth-order valence-electron chi connectivity index (χ4n) is 1.51. The van der Waals surface area contributed by atoms with Gasteiger partial charge >= 0.3 is 13.1 Å². The third-order valence-electron chi connectivity index (χ3n) is 2.32. The number of furan rings is 1. The molecule has 0 saturated carbocycles. The molecule has 0 aliphatic carbocycles. The first-order valence-electron chi connectivity index (χ1n) is 5.18. The maximum atomic E-state index is 11.4. The molecule has 0 saturated heterocycles. The van der Waals surface area contributed by atoms with Crippen molar-refractivity contribution in [3.8, 4) is 0 Å². The van der Waals surface area contributed by atoms with Crippen LogP contribution in [0.25, 0.3) is 11.0 Å². The van der Waals surface area contributed by atoms with Gasteiger partial charge in [-0.05, 0) is 24.5 Å². The van der Waals surface area contributed by atoms with E-state index < -0.39 is 13.1 Å². The zero-order chi connectivity index (χ0) is 12.4. The van der Waals surface area contributed by atoms with Gasteiger partial charge in [0.2, 0.25) is 5.76 Å². The third-order valence-corrected chi connectivity index (χ3v) is 2.32.